The number of halogens is 2. The van der Waals surface area contributed by atoms with Crippen LogP contribution in [0.5, 0.6) is 0 Å². The monoisotopic (exact) mass is 327 g/mol. The van der Waals surface area contributed by atoms with Crippen molar-refractivity contribution in [2.75, 3.05) is 13.6 Å². The van der Waals surface area contributed by atoms with Gasteiger partial charge in [-0.1, -0.05) is 56.1 Å². The van der Waals surface area contributed by atoms with Crippen LogP contribution in [0, 0.1) is 17.3 Å². The van der Waals surface area contributed by atoms with E-state index in [0.717, 1.165) is 17.5 Å². The lowest BCUT2D eigenvalue weighted by Gasteiger charge is -2.42. The standard InChI is InChI=1S/C18H27Cl2N/c1-18(2,3)13-9-8-12(11-21-4)15(10-13)14-6-5-7-16(19)17(14)20/h5-7,12-13,15,21H,8-11H2,1-4H3. The second kappa shape index (κ2) is 6.89. The van der Waals surface area contributed by atoms with Gasteiger partial charge >= 0.3 is 0 Å². The van der Waals surface area contributed by atoms with Crippen molar-refractivity contribution in [3.63, 3.8) is 0 Å². The van der Waals surface area contributed by atoms with E-state index in [1.54, 1.807) is 0 Å². The van der Waals surface area contributed by atoms with Crippen molar-refractivity contribution in [2.45, 2.75) is 46.0 Å². The van der Waals surface area contributed by atoms with E-state index in [9.17, 15) is 0 Å². The van der Waals surface area contributed by atoms with E-state index in [-0.39, 0.29) is 0 Å². The average Bonchev–Trinajstić information content (AvgIpc) is 2.42. The molecular weight excluding hydrogens is 301 g/mol. The average molecular weight is 328 g/mol. The van der Waals surface area contributed by atoms with Crippen molar-refractivity contribution in [1.82, 2.24) is 5.32 Å². The molecule has 1 fully saturated rings. The van der Waals surface area contributed by atoms with Gasteiger partial charge in [-0.15, -0.1) is 0 Å². The third-order valence-electron chi connectivity index (χ3n) is 5.07. The molecule has 3 heteroatoms. The van der Waals surface area contributed by atoms with E-state index < -0.39 is 0 Å². The molecule has 2 rings (SSSR count). The number of benzene rings is 1. The molecule has 1 aliphatic rings. The first-order valence-electron chi connectivity index (χ1n) is 7.93. The zero-order valence-corrected chi connectivity index (χ0v) is 15.1. The Morgan fingerprint density at radius 3 is 2.52 bits per heavy atom. The molecule has 0 spiro atoms. The lowest BCUT2D eigenvalue weighted by atomic mass is 9.64. The second-order valence-electron chi connectivity index (χ2n) is 7.44. The molecule has 1 aliphatic carbocycles. The minimum atomic E-state index is 0.355. The third-order valence-corrected chi connectivity index (χ3v) is 5.90. The fourth-order valence-electron chi connectivity index (χ4n) is 3.71. The quantitative estimate of drug-likeness (QED) is 0.744. The number of nitrogens with one attached hydrogen (secondary N) is 1. The fourth-order valence-corrected chi connectivity index (χ4v) is 4.16. The van der Waals surface area contributed by atoms with Gasteiger partial charge in [0.05, 0.1) is 10.0 Å². The summed E-state index contributed by atoms with van der Waals surface area (Å²) in [6.07, 6.45) is 3.77. The number of hydrogen-bond acceptors (Lipinski definition) is 1. The summed E-state index contributed by atoms with van der Waals surface area (Å²) in [4.78, 5) is 0. The molecule has 1 N–H and O–H groups in total. The first-order chi connectivity index (χ1) is 9.84. The van der Waals surface area contributed by atoms with Crippen molar-refractivity contribution < 1.29 is 0 Å². The van der Waals surface area contributed by atoms with Crippen LogP contribution in [-0.4, -0.2) is 13.6 Å². The molecule has 3 atom stereocenters. The Bertz CT molecular complexity index is 479. The van der Waals surface area contributed by atoms with Crippen molar-refractivity contribution in [3.8, 4) is 0 Å². The lowest BCUT2D eigenvalue weighted by molar-refractivity contribution is 0.130. The topological polar surface area (TPSA) is 12.0 Å². The summed E-state index contributed by atoms with van der Waals surface area (Å²) in [5.41, 5.74) is 1.59. The van der Waals surface area contributed by atoms with Gasteiger partial charge in [-0.05, 0) is 67.7 Å². The van der Waals surface area contributed by atoms with Crippen LogP contribution in [0.2, 0.25) is 10.0 Å². The molecule has 0 heterocycles. The molecule has 1 saturated carbocycles. The Hall–Kier alpha value is -0.240. The molecule has 0 amide bonds. The SMILES string of the molecule is CNCC1CCC(C(C)(C)C)CC1c1cccc(Cl)c1Cl. The number of hydrogen-bond donors (Lipinski definition) is 1. The highest BCUT2D eigenvalue weighted by atomic mass is 35.5. The molecule has 1 aromatic rings. The largest absolute Gasteiger partial charge is 0.319 e. The van der Waals surface area contributed by atoms with E-state index >= 15 is 0 Å². The van der Waals surface area contributed by atoms with Gasteiger partial charge in [-0.3, -0.25) is 0 Å². The maximum Gasteiger partial charge on any atom is 0.0627 e. The van der Waals surface area contributed by atoms with Gasteiger partial charge in [0.2, 0.25) is 0 Å². The normalized spacial score (nSPS) is 26.9. The Morgan fingerprint density at radius 2 is 1.90 bits per heavy atom. The Morgan fingerprint density at radius 1 is 1.19 bits per heavy atom. The molecular formula is C18H27Cl2N. The van der Waals surface area contributed by atoms with Crippen LogP contribution in [-0.2, 0) is 0 Å². The van der Waals surface area contributed by atoms with Crippen molar-refractivity contribution in [3.05, 3.63) is 33.8 Å². The highest BCUT2D eigenvalue weighted by Crippen LogP contribution is 2.48. The van der Waals surface area contributed by atoms with Crippen LogP contribution >= 0.6 is 23.2 Å². The zero-order chi connectivity index (χ0) is 15.6. The fraction of sp³-hybridized carbons (Fsp3) is 0.667. The van der Waals surface area contributed by atoms with Crippen molar-refractivity contribution >= 4 is 23.2 Å². The van der Waals surface area contributed by atoms with E-state index in [2.05, 4.69) is 32.2 Å². The number of rotatable bonds is 3. The van der Waals surface area contributed by atoms with Crippen LogP contribution in [0.15, 0.2) is 18.2 Å². The van der Waals surface area contributed by atoms with Gasteiger partial charge in [-0.25, -0.2) is 0 Å². The molecule has 3 unspecified atom stereocenters. The molecule has 0 saturated heterocycles. The predicted octanol–water partition coefficient (Wildman–Crippen LogP) is 5.76. The van der Waals surface area contributed by atoms with Crippen molar-refractivity contribution in [2.24, 2.45) is 17.3 Å². The predicted molar refractivity (Wildman–Crippen MR) is 93.4 cm³/mol. The third kappa shape index (κ3) is 3.94. The van der Waals surface area contributed by atoms with E-state index in [4.69, 9.17) is 23.2 Å². The van der Waals surface area contributed by atoms with Crippen LogP contribution < -0.4 is 5.32 Å². The summed E-state index contributed by atoms with van der Waals surface area (Å²) in [5.74, 6) is 1.89. The van der Waals surface area contributed by atoms with Crippen molar-refractivity contribution in [1.29, 1.82) is 0 Å². The molecule has 21 heavy (non-hydrogen) atoms. The van der Waals surface area contributed by atoms with Crippen LogP contribution in [0.1, 0.15) is 51.5 Å². The summed E-state index contributed by atoms with van der Waals surface area (Å²) in [6.45, 7) is 8.11. The highest BCUT2D eigenvalue weighted by molar-refractivity contribution is 6.42. The summed E-state index contributed by atoms with van der Waals surface area (Å²) >= 11 is 12.7. The Labute approximate surface area is 139 Å². The molecule has 118 valence electrons. The Kier molecular flexibility index (Phi) is 5.62. The van der Waals surface area contributed by atoms with Gasteiger partial charge in [0.25, 0.3) is 0 Å². The molecule has 0 bridgehead atoms. The lowest BCUT2D eigenvalue weighted by Crippen LogP contribution is -2.35. The first kappa shape index (κ1) is 17.1. The summed E-state index contributed by atoms with van der Waals surface area (Å²) < 4.78 is 0. The van der Waals surface area contributed by atoms with E-state index in [0.29, 0.717) is 22.3 Å². The van der Waals surface area contributed by atoms with Gasteiger partial charge < -0.3 is 5.32 Å². The smallest absolute Gasteiger partial charge is 0.0627 e. The Balaban J connectivity index is 2.31. The van der Waals surface area contributed by atoms with Gasteiger partial charge in [0.1, 0.15) is 0 Å². The molecule has 1 nitrogen and oxygen atoms in total. The van der Waals surface area contributed by atoms with E-state index in [1.807, 2.05) is 19.2 Å². The zero-order valence-electron chi connectivity index (χ0n) is 13.5. The summed E-state index contributed by atoms with van der Waals surface area (Å²) in [5, 5.41) is 4.77. The molecule has 0 radical (unpaired) electrons. The summed E-state index contributed by atoms with van der Waals surface area (Å²) in [6, 6.07) is 6.07. The van der Waals surface area contributed by atoms with Gasteiger partial charge in [-0.2, -0.15) is 0 Å². The first-order valence-corrected chi connectivity index (χ1v) is 8.68. The van der Waals surface area contributed by atoms with Crippen LogP contribution in [0.3, 0.4) is 0 Å². The maximum absolute atomic E-state index is 6.50. The van der Waals surface area contributed by atoms with Crippen LogP contribution in [0.4, 0.5) is 0 Å². The minimum Gasteiger partial charge on any atom is -0.319 e. The van der Waals surface area contributed by atoms with Gasteiger partial charge in [0, 0.05) is 0 Å². The molecule has 1 aromatic carbocycles. The highest BCUT2D eigenvalue weighted by Gasteiger charge is 2.37. The maximum atomic E-state index is 6.50. The minimum absolute atomic E-state index is 0.355. The van der Waals surface area contributed by atoms with Crippen LogP contribution in [0.25, 0.3) is 0 Å². The summed E-state index contributed by atoms with van der Waals surface area (Å²) in [7, 11) is 2.03. The molecule has 0 aromatic heterocycles. The van der Waals surface area contributed by atoms with Gasteiger partial charge in [0.15, 0.2) is 0 Å². The second-order valence-corrected chi connectivity index (χ2v) is 8.23. The molecule has 0 aliphatic heterocycles. The van der Waals surface area contributed by atoms with E-state index in [1.165, 1.54) is 24.8 Å².